The molecule has 2 aliphatic heterocycles. The second kappa shape index (κ2) is 6.39. The van der Waals surface area contributed by atoms with Crippen LogP contribution in [0.25, 0.3) is 10.8 Å². The van der Waals surface area contributed by atoms with Gasteiger partial charge in [-0.25, -0.2) is 0 Å². The van der Waals surface area contributed by atoms with Gasteiger partial charge in [-0.15, -0.1) is 0 Å². The van der Waals surface area contributed by atoms with Gasteiger partial charge in [-0.05, 0) is 61.7 Å². The molecule has 2 aromatic carbocycles. The van der Waals surface area contributed by atoms with Crippen LogP contribution in [-0.2, 0) is 6.54 Å². The van der Waals surface area contributed by atoms with Crippen molar-refractivity contribution in [3.05, 3.63) is 48.0 Å². The van der Waals surface area contributed by atoms with Crippen molar-refractivity contribution in [1.29, 1.82) is 0 Å². The number of nitrogens with zero attached hydrogens (tertiary/aromatic N) is 2. The van der Waals surface area contributed by atoms with E-state index in [2.05, 4.69) is 52.3 Å². The minimum absolute atomic E-state index is 0.761. The minimum Gasteiger partial charge on any atom is -0.302 e. The summed E-state index contributed by atoms with van der Waals surface area (Å²) in [6, 6.07) is 16.3. The molecule has 2 nitrogen and oxygen atoms in total. The molecule has 2 aliphatic rings. The Hall–Kier alpha value is -1.38. The molecule has 1 atom stereocenters. The lowest BCUT2D eigenvalue weighted by atomic mass is 10.0. The van der Waals surface area contributed by atoms with Gasteiger partial charge in [0.2, 0.25) is 0 Å². The molecule has 0 unspecified atom stereocenters. The molecule has 0 radical (unpaired) electrons. The molecule has 2 heterocycles. The first-order chi connectivity index (χ1) is 10.9. The van der Waals surface area contributed by atoms with Gasteiger partial charge >= 0.3 is 0 Å². The maximum absolute atomic E-state index is 2.72. The molecular weight excluding hydrogens is 268 g/mol. The number of hydrogen-bond acceptors (Lipinski definition) is 2. The Morgan fingerprint density at radius 2 is 1.68 bits per heavy atom. The van der Waals surface area contributed by atoms with Gasteiger partial charge in [-0.3, -0.25) is 4.90 Å². The Kier molecular flexibility index (Phi) is 4.13. The summed E-state index contributed by atoms with van der Waals surface area (Å²) >= 11 is 0. The van der Waals surface area contributed by atoms with Gasteiger partial charge in [0.1, 0.15) is 0 Å². The van der Waals surface area contributed by atoms with Crippen molar-refractivity contribution in [2.45, 2.75) is 38.3 Å². The van der Waals surface area contributed by atoms with Gasteiger partial charge in [0, 0.05) is 19.1 Å². The fourth-order valence-corrected chi connectivity index (χ4v) is 4.22. The quantitative estimate of drug-likeness (QED) is 0.844. The molecule has 0 saturated carbocycles. The van der Waals surface area contributed by atoms with E-state index < -0.39 is 0 Å². The van der Waals surface area contributed by atoms with E-state index in [1.54, 1.807) is 0 Å². The molecule has 2 aromatic rings. The Balaban J connectivity index is 1.51. The Labute approximate surface area is 133 Å². The first kappa shape index (κ1) is 14.2. The van der Waals surface area contributed by atoms with E-state index in [0.717, 1.165) is 12.6 Å². The highest BCUT2D eigenvalue weighted by Crippen LogP contribution is 2.25. The lowest BCUT2D eigenvalue weighted by molar-refractivity contribution is 0.186. The SMILES string of the molecule is c1ccc2c(CN3CCC[C@@H]3CN3CCCC3)cccc2c1. The number of likely N-dealkylation sites (tertiary alicyclic amines) is 2. The zero-order valence-corrected chi connectivity index (χ0v) is 13.4. The van der Waals surface area contributed by atoms with Crippen molar-refractivity contribution in [2.75, 3.05) is 26.2 Å². The van der Waals surface area contributed by atoms with Crippen LogP contribution in [0.4, 0.5) is 0 Å². The van der Waals surface area contributed by atoms with Crippen LogP contribution in [0.15, 0.2) is 42.5 Å². The van der Waals surface area contributed by atoms with Gasteiger partial charge in [0.05, 0.1) is 0 Å². The zero-order valence-electron chi connectivity index (χ0n) is 13.4. The van der Waals surface area contributed by atoms with Crippen molar-refractivity contribution in [2.24, 2.45) is 0 Å². The summed E-state index contributed by atoms with van der Waals surface area (Å²) in [5.74, 6) is 0. The topological polar surface area (TPSA) is 6.48 Å². The van der Waals surface area contributed by atoms with Crippen LogP contribution in [-0.4, -0.2) is 42.0 Å². The summed E-state index contributed by atoms with van der Waals surface area (Å²) in [7, 11) is 0. The molecule has 2 heteroatoms. The van der Waals surface area contributed by atoms with Crippen LogP contribution in [0.2, 0.25) is 0 Å². The fraction of sp³-hybridized carbons (Fsp3) is 0.500. The first-order valence-corrected chi connectivity index (χ1v) is 8.83. The highest BCUT2D eigenvalue weighted by molar-refractivity contribution is 5.85. The van der Waals surface area contributed by atoms with E-state index in [1.807, 2.05) is 0 Å². The van der Waals surface area contributed by atoms with Crippen molar-refractivity contribution in [1.82, 2.24) is 9.80 Å². The largest absolute Gasteiger partial charge is 0.302 e. The lowest BCUT2D eigenvalue weighted by Crippen LogP contribution is -2.38. The Morgan fingerprint density at radius 1 is 0.864 bits per heavy atom. The second-order valence-corrected chi connectivity index (χ2v) is 6.91. The maximum atomic E-state index is 2.72. The predicted octanol–water partition coefficient (Wildman–Crippen LogP) is 3.90. The molecule has 4 rings (SSSR count). The molecular formula is C20H26N2. The molecule has 2 fully saturated rings. The zero-order chi connectivity index (χ0) is 14.8. The van der Waals surface area contributed by atoms with Crippen LogP contribution in [0, 0.1) is 0 Å². The summed E-state index contributed by atoms with van der Waals surface area (Å²) in [5, 5.41) is 2.80. The van der Waals surface area contributed by atoms with E-state index in [4.69, 9.17) is 0 Å². The fourth-order valence-electron chi connectivity index (χ4n) is 4.22. The van der Waals surface area contributed by atoms with Crippen molar-refractivity contribution in [3.8, 4) is 0 Å². The van der Waals surface area contributed by atoms with Gasteiger partial charge in [-0.1, -0.05) is 42.5 Å². The summed E-state index contributed by atoms with van der Waals surface area (Å²) in [6.07, 6.45) is 5.54. The normalized spacial score (nSPS) is 23.5. The molecule has 22 heavy (non-hydrogen) atoms. The molecule has 0 aromatic heterocycles. The molecule has 0 aliphatic carbocycles. The van der Waals surface area contributed by atoms with Crippen LogP contribution in [0.1, 0.15) is 31.2 Å². The van der Waals surface area contributed by atoms with Gasteiger partial charge in [0.15, 0.2) is 0 Å². The third-order valence-corrected chi connectivity index (χ3v) is 5.42. The Morgan fingerprint density at radius 3 is 2.59 bits per heavy atom. The molecule has 0 amide bonds. The monoisotopic (exact) mass is 294 g/mol. The van der Waals surface area contributed by atoms with Crippen LogP contribution in [0.3, 0.4) is 0 Å². The smallest absolute Gasteiger partial charge is 0.0243 e. The van der Waals surface area contributed by atoms with Crippen LogP contribution in [0.5, 0.6) is 0 Å². The van der Waals surface area contributed by atoms with Gasteiger partial charge in [-0.2, -0.15) is 0 Å². The number of fused-ring (bicyclic) bond motifs is 1. The minimum atomic E-state index is 0.761. The van der Waals surface area contributed by atoms with Crippen LogP contribution >= 0.6 is 0 Å². The third kappa shape index (κ3) is 2.90. The van der Waals surface area contributed by atoms with Crippen molar-refractivity contribution in [3.63, 3.8) is 0 Å². The highest BCUT2D eigenvalue weighted by Gasteiger charge is 2.27. The van der Waals surface area contributed by atoms with Crippen molar-refractivity contribution < 1.29 is 0 Å². The summed E-state index contributed by atoms with van der Waals surface area (Å²) < 4.78 is 0. The Bertz CT molecular complexity index is 625. The lowest BCUT2D eigenvalue weighted by Gasteiger charge is -2.28. The highest BCUT2D eigenvalue weighted by atomic mass is 15.2. The van der Waals surface area contributed by atoms with Crippen LogP contribution < -0.4 is 0 Å². The second-order valence-electron chi connectivity index (χ2n) is 6.91. The maximum Gasteiger partial charge on any atom is 0.0243 e. The molecule has 116 valence electrons. The van der Waals surface area contributed by atoms with E-state index in [1.165, 1.54) is 68.2 Å². The van der Waals surface area contributed by atoms with Crippen molar-refractivity contribution >= 4 is 10.8 Å². The van der Waals surface area contributed by atoms with E-state index >= 15 is 0 Å². The summed E-state index contributed by atoms with van der Waals surface area (Å²) in [6.45, 7) is 6.30. The standard InChI is InChI=1S/C20H26N2/c1-2-11-20-17(7-1)8-5-9-18(20)15-22-14-6-10-19(22)16-21-12-3-4-13-21/h1-2,5,7-9,11,19H,3-4,6,10,12-16H2/t19-/m1/s1. The molecule has 0 bridgehead atoms. The average molecular weight is 294 g/mol. The van der Waals surface area contributed by atoms with Gasteiger partial charge < -0.3 is 4.90 Å². The first-order valence-electron chi connectivity index (χ1n) is 8.83. The third-order valence-electron chi connectivity index (χ3n) is 5.42. The number of rotatable bonds is 4. The predicted molar refractivity (Wildman–Crippen MR) is 93.1 cm³/mol. The average Bonchev–Trinajstić information content (AvgIpc) is 3.21. The summed E-state index contributed by atoms with van der Waals surface area (Å²) in [5.41, 5.74) is 1.49. The van der Waals surface area contributed by atoms with E-state index in [-0.39, 0.29) is 0 Å². The molecule has 0 N–H and O–H groups in total. The summed E-state index contributed by atoms with van der Waals surface area (Å²) in [4.78, 5) is 5.40. The molecule has 0 spiro atoms. The van der Waals surface area contributed by atoms with Gasteiger partial charge in [0.25, 0.3) is 0 Å². The van der Waals surface area contributed by atoms with E-state index in [9.17, 15) is 0 Å². The number of benzene rings is 2. The number of hydrogen-bond donors (Lipinski definition) is 0. The molecule has 2 saturated heterocycles. The van der Waals surface area contributed by atoms with E-state index in [0.29, 0.717) is 0 Å².